The third-order valence-corrected chi connectivity index (χ3v) is 5.22. The van der Waals surface area contributed by atoms with Crippen LogP contribution >= 0.6 is 0 Å². The summed E-state index contributed by atoms with van der Waals surface area (Å²) in [5.41, 5.74) is 0.221. The predicted octanol–water partition coefficient (Wildman–Crippen LogP) is 2.59. The summed E-state index contributed by atoms with van der Waals surface area (Å²) in [7, 11) is -2.45. The molecule has 0 aliphatic rings. The van der Waals surface area contributed by atoms with Crippen LogP contribution in [0.4, 0.5) is 0 Å². The van der Waals surface area contributed by atoms with Crippen molar-refractivity contribution in [1.29, 1.82) is 0 Å². The molecule has 0 radical (unpaired) electrons. The summed E-state index contributed by atoms with van der Waals surface area (Å²) in [6, 6.07) is 12.2. The molecule has 1 heterocycles. The fraction of sp³-hybridized carbons (Fsp3) is 0.0625. The molecule has 0 saturated heterocycles. The molecule has 0 aliphatic carbocycles. The topological polar surface area (TPSA) is 85.6 Å². The molecule has 3 rings (SSSR count). The average molecular weight is 331 g/mol. The van der Waals surface area contributed by atoms with E-state index in [1.165, 1.54) is 43.6 Å². The largest absolute Gasteiger partial charge is 0.495 e. The summed E-state index contributed by atoms with van der Waals surface area (Å²) in [6.07, 6.45) is 1.34. The number of fused-ring (bicyclic) bond motifs is 1. The standard InChI is InChI=1S/C16H13NO5S/c1-22-14-8-7-13(16(18)19)12-9-10-17(15(12)14)23(20,21)11-5-3-2-4-6-11/h2-10H,1H3,(H,18,19). The number of benzene rings is 2. The second-order valence-electron chi connectivity index (χ2n) is 4.81. The Labute approximate surface area is 132 Å². The van der Waals surface area contributed by atoms with Gasteiger partial charge in [-0.15, -0.1) is 0 Å². The molecule has 0 spiro atoms. The van der Waals surface area contributed by atoms with Crippen LogP contribution in [0.25, 0.3) is 10.9 Å². The van der Waals surface area contributed by atoms with Crippen molar-refractivity contribution in [2.45, 2.75) is 4.90 Å². The second-order valence-corrected chi connectivity index (χ2v) is 6.63. The molecular formula is C16H13NO5S. The van der Waals surface area contributed by atoms with Crippen molar-refractivity contribution >= 4 is 26.9 Å². The van der Waals surface area contributed by atoms with Crippen LogP contribution in [0.1, 0.15) is 10.4 Å². The third kappa shape index (κ3) is 2.35. The SMILES string of the molecule is COc1ccc(C(=O)O)c2ccn(S(=O)(=O)c3ccccc3)c12. The van der Waals surface area contributed by atoms with Crippen LogP contribution in [0.5, 0.6) is 5.75 Å². The maximum Gasteiger partial charge on any atom is 0.336 e. The summed E-state index contributed by atoms with van der Waals surface area (Å²) in [5.74, 6) is -0.845. The van der Waals surface area contributed by atoms with Gasteiger partial charge >= 0.3 is 5.97 Å². The van der Waals surface area contributed by atoms with E-state index < -0.39 is 16.0 Å². The van der Waals surface area contributed by atoms with Gasteiger partial charge in [-0.25, -0.2) is 17.2 Å². The third-order valence-electron chi connectivity index (χ3n) is 3.53. The smallest absolute Gasteiger partial charge is 0.336 e. The maximum absolute atomic E-state index is 12.8. The molecule has 118 valence electrons. The Hall–Kier alpha value is -2.80. The lowest BCUT2D eigenvalue weighted by molar-refractivity contribution is 0.0699. The highest BCUT2D eigenvalue weighted by Gasteiger charge is 2.23. The second kappa shape index (κ2) is 5.44. The molecule has 0 unspecified atom stereocenters. The van der Waals surface area contributed by atoms with Crippen molar-refractivity contribution in [2.75, 3.05) is 7.11 Å². The number of hydrogen-bond donors (Lipinski definition) is 1. The molecule has 0 bridgehead atoms. The number of rotatable bonds is 4. The van der Waals surface area contributed by atoms with Crippen LogP contribution in [0.3, 0.4) is 0 Å². The van der Waals surface area contributed by atoms with Gasteiger partial charge in [0.2, 0.25) is 0 Å². The molecule has 6 nitrogen and oxygen atoms in total. The Kier molecular flexibility index (Phi) is 3.57. The number of hydrogen-bond acceptors (Lipinski definition) is 4. The van der Waals surface area contributed by atoms with Crippen molar-refractivity contribution in [1.82, 2.24) is 3.97 Å². The predicted molar refractivity (Wildman–Crippen MR) is 84.5 cm³/mol. The maximum atomic E-state index is 12.8. The monoisotopic (exact) mass is 331 g/mol. The summed E-state index contributed by atoms with van der Waals surface area (Å²) >= 11 is 0. The first-order valence-electron chi connectivity index (χ1n) is 6.69. The number of carbonyl (C=O) groups is 1. The number of nitrogens with zero attached hydrogens (tertiary/aromatic N) is 1. The van der Waals surface area contributed by atoms with E-state index in [1.54, 1.807) is 18.2 Å². The van der Waals surface area contributed by atoms with E-state index in [1.807, 2.05) is 0 Å². The summed E-state index contributed by atoms with van der Waals surface area (Å²) in [4.78, 5) is 11.5. The van der Waals surface area contributed by atoms with Crippen LogP contribution in [0.2, 0.25) is 0 Å². The zero-order valence-corrected chi connectivity index (χ0v) is 12.9. The van der Waals surface area contributed by atoms with Crippen molar-refractivity contribution in [3.8, 4) is 5.75 Å². The fourth-order valence-corrected chi connectivity index (χ4v) is 3.84. The van der Waals surface area contributed by atoms with Gasteiger partial charge in [0, 0.05) is 11.6 Å². The van der Waals surface area contributed by atoms with Crippen LogP contribution in [-0.2, 0) is 10.0 Å². The van der Waals surface area contributed by atoms with Gasteiger partial charge in [-0.2, -0.15) is 0 Å². The van der Waals surface area contributed by atoms with E-state index in [9.17, 15) is 18.3 Å². The lowest BCUT2D eigenvalue weighted by Gasteiger charge is -2.11. The van der Waals surface area contributed by atoms with Crippen molar-refractivity contribution in [2.24, 2.45) is 0 Å². The van der Waals surface area contributed by atoms with Crippen LogP contribution in [-0.4, -0.2) is 30.6 Å². The van der Waals surface area contributed by atoms with E-state index >= 15 is 0 Å². The van der Waals surface area contributed by atoms with E-state index in [-0.39, 0.29) is 21.7 Å². The highest BCUT2D eigenvalue weighted by Crippen LogP contribution is 2.32. The van der Waals surface area contributed by atoms with Crippen molar-refractivity contribution in [3.63, 3.8) is 0 Å². The van der Waals surface area contributed by atoms with E-state index in [0.29, 0.717) is 5.39 Å². The molecular weight excluding hydrogens is 318 g/mol. The number of carboxylic acids is 1. The van der Waals surface area contributed by atoms with E-state index in [4.69, 9.17) is 4.74 Å². The van der Waals surface area contributed by atoms with Crippen LogP contribution in [0.15, 0.2) is 59.6 Å². The van der Waals surface area contributed by atoms with Crippen molar-refractivity contribution in [3.05, 3.63) is 60.3 Å². The number of methoxy groups -OCH3 is 1. The van der Waals surface area contributed by atoms with Gasteiger partial charge in [0.25, 0.3) is 10.0 Å². The van der Waals surface area contributed by atoms with E-state index in [2.05, 4.69) is 0 Å². The van der Waals surface area contributed by atoms with Gasteiger partial charge in [-0.3, -0.25) is 0 Å². The first-order valence-corrected chi connectivity index (χ1v) is 8.13. The Balaban J connectivity index is 2.36. The van der Waals surface area contributed by atoms with Gasteiger partial charge in [0.1, 0.15) is 11.3 Å². The van der Waals surface area contributed by atoms with E-state index in [0.717, 1.165) is 3.97 Å². The zero-order chi connectivity index (χ0) is 16.6. The highest BCUT2D eigenvalue weighted by molar-refractivity contribution is 7.90. The van der Waals surface area contributed by atoms with Crippen molar-refractivity contribution < 1.29 is 23.1 Å². The number of carboxylic acid groups (broad SMARTS) is 1. The summed E-state index contributed by atoms with van der Waals surface area (Å²) < 4.78 is 31.9. The number of aromatic carboxylic acids is 1. The molecule has 7 heteroatoms. The Morgan fingerprint density at radius 3 is 2.39 bits per heavy atom. The summed E-state index contributed by atoms with van der Waals surface area (Å²) in [6.45, 7) is 0. The molecule has 0 aliphatic heterocycles. The van der Waals surface area contributed by atoms with Gasteiger partial charge < -0.3 is 9.84 Å². The molecule has 0 saturated carbocycles. The normalized spacial score (nSPS) is 11.5. The first-order chi connectivity index (χ1) is 11.0. The van der Waals surface area contributed by atoms with Gasteiger partial charge in [-0.05, 0) is 30.3 Å². The average Bonchev–Trinajstić information content (AvgIpc) is 3.00. The quantitative estimate of drug-likeness (QED) is 0.794. The molecule has 0 amide bonds. The molecule has 3 aromatic rings. The Morgan fingerprint density at radius 2 is 1.78 bits per heavy atom. The fourth-order valence-electron chi connectivity index (χ4n) is 2.46. The summed E-state index contributed by atoms with van der Waals surface area (Å²) in [5, 5.41) is 9.58. The Morgan fingerprint density at radius 1 is 1.09 bits per heavy atom. The van der Waals surface area contributed by atoms with Gasteiger partial charge in [-0.1, -0.05) is 18.2 Å². The zero-order valence-electron chi connectivity index (χ0n) is 12.1. The lowest BCUT2D eigenvalue weighted by Crippen LogP contribution is -2.12. The van der Waals surface area contributed by atoms with Crippen LogP contribution in [0, 0.1) is 0 Å². The molecule has 0 fully saturated rings. The molecule has 0 atom stereocenters. The minimum atomic E-state index is -3.85. The molecule has 2 aromatic carbocycles. The Bertz CT molecular complexity index is 990. The molecule has 1 N–H and O–H groups in total. The molecule has 23 heavy (non-hydrogen) atoms. The van der Waals surface area contributed by atoms with Crippen LogP contribution < -0.4 is 4.74 Å². The minimum absolute atomic E-state index is 0.0165. The highest BCUT2D eigenvalue weighted by atomic mass is 32.2. The number of ether oxygens (including phenoxy) is 1. The number of aromatic nitrogens is 1. The molecule has 1 aromatic heterocycles. The van der Waals surface area contributed by atoms with Gasteiger partial charge in [0.05, 0.1) is 17.6 Å². The first kappa shape index (κ1) is 15.1. The lowest BCUT2D eigenvalue weighted by atomic mass is 10.1. The minimum Gasteiger partial charge on any atom is -0.495 e. The van der Waals surface area contributed by atoms with Gasteiger partial charge in [0.15, 0.2) is 0 Å².